The van der Waals surface area contributed by atoms with Gasteiger partial charge in [0.2, 0.25) is 0 Å². The zero-order chi connectivity index (χ0) is 20.3. The smallest absolute Gasteiger partial charge is 0.0774 e. The van der Waals surface area contributed by atoms with Crippen molar-refractivity contribution in [3.05, 3.63) is 115 Å². The maximum Gasteiger partial charge on any atom is 0.0774 e. The van der Waals surface area contributed by atoms with E-state index in [-0.39, 0.29) is 20.1 Å². The molecular weight excluding hydrogens is 559 g/mol. The first-order valence-corrected chi connectivity index (χ1v) is 9.86. The van der Waals surface area contributed by atoms with Crippen LogP contribution in [0.5, 0.6) is 0 Å². The minimum absolute atomic E-state index is 0. The van der Waals surface area contributed by atoms with Gasteiger partial charge in [-0.15, -0.1) is 70.9 Å². The Morgan fingerprint density at radius 3 is 2.48 bits per heavy atom. The van der Waals surface area contributed by atoms with Gasteiger partial charge < -0.3 is 9.38 Å². The van der Waals surface area contributed by atoms with Gasteiger partial charge in [-0.25, -0.2) is 0 Å². The molecule has 153 valence electrons. The van der Waals surface area contributed by atoms with Crippen molar-refractivity contribution in [3.8, 4) is 11.3 Å². The molecule has 3 heterocycles. The second kappa shape index (κ2) is 9.21. The zero-order valence-electron chi connectivity index (χ0n) is 16.9. The molecule has 0 fully saturated rings. The molecule has 0 N–H and O–H groups in total. The predicted octanol–water partition coefficient (Wildman–Crippen LogP) is 6.30. The summed E-state index contributed by atoms with van der Waals surface area (Å²) >= 11 is 0. The van der Waals surface area contributed by atoms with Gasteiger partial charge in [0, 0.05) is 26.3 Å². The van der Waals surface area contributed by atoms with E-state index in [0.717, 1.165) is 33.3 Å². The van der Waals surface area contributed by atoms with E-state index in [1.165, 1.54) is 10.9 Å². The molecule has 0 saturated carbocycles. The van der Waals surface area contributed by atoms with Crippen LogP contribution in [0.3, 0.4) is 0 Å². The Bertz CT molecular complexity index is 1460. The zero-order valence-corrected chi connectivity index (χ0v) is 19.3. The normalized spacial score (nSPS) is 10.5. The number of benzene rings is 3. The Morgan fingerprint density at radius 2 is 1.65 bits per heavy atom. The van der Waals surface area contributed by atoms with Crippen LogP contribution in [0.15, 0.2) is 97.3 Å². The number of hydrogen-bond acceptors (Lipinski definition) is 2. The van der Waals surface area contributed by atoms with Crippen molar-refractivity contribution in [3.63, 3.8) is 0 Å². The molecule has 4 heteroatoms. The van der Waals surface area contributed by atoms with E-state index in [9.17, 15) is 0 Å². The minimum atomic E-state index is 0. The van der Waals surface area contributed by atoms with Crippen LogP contribution in [0.25, 0.3) is 38.7 Å². The van der Waals surface area contributed by atoms with Crippen LogP contribution < -0.4 is 0 Å². The summed E-state index contributed by atoms with van der Waals surface area (Å²) in [5, 5.41) is 2.25. The van der Waals surface area contributed by atoms with E-state index in [0.29, 0.717) is 0 Å². The third-order valence-electron chi connectivity index (χ3n) is 5.08. The average molecular weight is 578 g/mol. The molecule has 0 spiro atoms. The topological polar surface area (TPSA) is 30.2 Å². The molecule has 1 radical (unpaired) electrons. The molecule has 31 heavy (non-hydrogen) atoms. The van der Waals surface area contributed by atoms with Crippen LogP contribution in [-0.2, 0) is 20.1 Å². The molecule has 3 nitrogen and oxygen atoms in total. The molecule has 0 unspecified atom stereocenters. The van der Waals surface area contributed by atoms with Crippen molar-refractivity contribution in [1.82, 2.24) is 14.4 Å². The molecule has 0 aliphatic carbocycles. The molecule has 0 bridgehead atoms. The number of aryl methyl sites for hydroxylation is 1. The van der Waals surface area contributed by atoms with E-state index in [1.54, 1.807) is 0 Å². The number of hydrogen-bond donors (Lipinski definition) is 0. The summed E-state index contributed by atoms with van der Waals surface area (Å²) in [6.07, 6.45) is 3.88. The van der Waals surface area contributed by atoms with E-state index >= 15 is 0 Å². The van der Waals surface area contributed by atoms with Gasteiger partial charge in [0.1, 0.15) is 0 Å². The van der Waals surface area contributed by atoms with Crippen LogP contribution in [0, 0.1) is 19.1 Å². The Morgan fingerprint density at radius 1 is 0.806 bits per heavy atom. The van der Waals surface area contributed by atoms with Crippen molar-refractivity contribution in [2.24, 2.45) is 0 Å². The number of fused-ring (bicyclic) bond motifs is 5. The van der Waals surface area contributed by atoms with E-state index in [4.69, 9.17) is 0 Å². The summed E-state index contributed by atoms with van der Waals surface area (Å²) in [6, 6.07) is 34.6. The van der Waals surface area contributed by atoms with Gasteiger partial charge in [-0.1, -0.05) is 29.8 Å². The number of nitrogens with zero attached hydrogens (tertiary/aromatic N) is 3. The average Bonchev–Trinajstić information content (AvgIpc) is 3.20. The van der Waals surface area contributed by atoms with Crippen LogP contribution in [-0.4, -0.2) is 14.4 Å². The largest absolute Gasteiger partial charge is 0.341 e. The quantitative estimate of drug-likeness (QED) is 0.215. The van der Waals surface area contributed by atoms with Gasteiger partial charge in [0.25, 0.3) is 0 Å². The van der Waals surface area contributed by atoms with Gasteiger partial charge in [0.15, 0.2) is 0 Å². The summed E-state index contributed by atoms with van der Waals surface area (Å²) in [4.78, 5) is 8.99. The minimum Gasteiger partial charge on any atom is -0.341 e. The van der Waals surface area contributed by atoms with Gasteiger partial charge in [-0.3, -0.25) is 4.98 Å². The van der Waals surface area contributed by atoms with Gasteiger partial charge >= 0.3 is 0 Å². The molecule has 6 rings (SSSR count). The maximum atomic E-state index is 4.68. The third-order valence-corrected chi connectivity index (χ3v) is 5.08. The Hall–Kier alpha value is -3.33. The van der Waals surface area contributed by atoms with Gasteiger partial charge in [-0.2, -0.15) is 0 Å². The number of para-hydroxylation sites is 2. The van der Waals surface area contributed by atoms with Crippen LogP contribution in [0.2, 0.25) is 0 Å². The fourth-order valence-electron chi connectivity index (χ4n) is 3.62. The molecular formula is C27H19IrN3-2. The summed E-state index contributed by atoms with van der Waals surface area (Å²) in [7, 11) is 0. The van der Waals surface area contributed by atoms with E-state index in [2.05, 4.69) is 63.9 Å². The molecule has 0 aliphatic heterocycles. The van der Waals surface area contributed by atoms with Gasteiger partial charge in [-0.05, 0) is 37.0 Å². The standard InChI is InChI=1S/C15H9N2.C12H10N.Ir/c1-2-6-12-11(5-1)9-10-17-14-8-4-3-7-13(14)16-15(12)17;1-10-6-5-9-13-12(10)11-7-3-2-4-8-11;/h1-5,7-10H;2-7,9H,1H3;/q2*-1;. The van der Waals surface area contributed by atoms with E-state index in [1.807, 2.05) is 66.9 Å². The number of pyridine rings is 2. The SMILES string of the molecule is Cc1cccnc1-c1[c-]cccc1.[Ir].[c-]1cccc2ccn3c4ccccc4nc3c12. The molecule has 0 amide bonds. The summed E-state index contributed by atoms with van der Waals surface area (Å²) in [6.45, 7) is 2.06. The summed E-state index contributed by atoms with van der Waals surface area (Å²) in [5.41, 5.74) is 6.40. The predicted molar refractivity (Wildman–Crippen MR) is 122 cm³/mol. The Balaban J connectivity index is 0.000000150. The second-order valence-electron chi connectivity index (χ2n) is 7.06. The number of imidazole rings is 1. The molecule has 3 aromatic carbocycles. The molecule has 0 saturated heterocycles. The van der Waals surface area contributed by atoms with Crippen LogP contribution >= 0.6 is 0 Å². The van der Waals surface area contributed by atoms with Crippen molar-refractivity contribution >= 4 is 27.5 Å². The van der Waals surface area contributed by atoms with Crippen molar-refractivity contribution < 1.29 is 20.1 Å². The first-order valence-electron chi connectivity index (χ1n) is 9.86. The van der Waals surface area contributed by atoms with Crippen molar-refractivity contribution in [2.75, 3.05) is 0 Å². The fraction of sp³-hybridized carbons (Fsp3) is 0.0370. The van der Waals surface area contributed by atoms with Gasteiger partial charge in [0.05, 0.1) is 16.7 Å². The summed E-state index contributed by atoms with van der Waals surface area (Å²) in [5.74, 6) is 0. The Kier molecular flexibility index (Phi) is 6.22. The monoisotopic (exact) mass is 578 g/mol. The van der Waals surface area contributed by atoms with E-state index < -0.39 is 0 Å². The molecule has 6 aromatic rings. The number of rotatable bonds is 1. The molecule has 3 aromatic heterocycles. The second-order valence-corrected chi connectivity index (χ2v) is 7.06. The first kappa shape index (κ1) is 20.9. The van der Waals surface area contributed by atoms with Crippen LogP contribution in [0.1, 0.15) is 5.56 Å². The van der Waals surface area contributed by atoms with Crippen molar-refractivity contribution in [2.45, 2.75) is 6.92 Å². The fourth-order valence-corrected chi connectivity index (χ4v) is 3.62. The molecule has 0 atom stereocenters. The first-order chi connectivity index (χ1) is 14.8. The maximum absolute atomic E-state index is 4.68. The molecule has 0 aliphatic rings. The van der Waals surface area contributed by atoms with Crippen molar-refractivity contribution in [1.29, 1.82) is 0 Å². The number of aromatic nitrogens is 3. The summed E-state index contributed by atoms with van der Waals surface area (Å²) < 4.78 is 2.12. The third kappa shape index (κ3) is 4.13. The van der Waals surface area contributed by atoms with Crippen LogP contribution in [0.4, 0.5) is 0 Å². The Labute approximate surface area is 194 Å².